The maximum atomic E-state index is 14.4. The van der Waals surface area contributed by atoms with E-state index in [1.165, 1.54) is 64.2 Å². The number of unbranched alkanes of at least 4 members (excludes halogenated alkanes) is 23. The molecule has 35 atom stereocenters. The molecule has 0 aromatic rings. The summed E-state index contributed by atoms with van der Waals surface area (Å²) in [6.45, 7) is -0.549. The summed E-state index contributed by atoms with van der Waals surface area (Å²) >= 11 is 0. The molecule has 788 valence electrons. The second-order valence-corrected chi connectivity index (χ2v) is 36.7. The van der Waals surface area contributed by atoms with Crippen molar-refractivity contribution < 1.29 is 208 Å². The Hall–Kier alpha value is -5.54. The van der Waals surface area contributed by atoms with Crippen LogP contribution in [0.1, 0.15) is 247 Å². The number of ether oxygens (including phenoxy) is 12. The molecule has 26 N–H and O–H groups in total. The first-order valence-electron chi connectivity index (χ1n) is 48.0. The van der Waals surface area contributed by atoms with Crippen LogP contribution in [0.3, 0.4) is 0 Å². The number of carbonyl (C=O) groups is 8. The second kappa shape index (κ2) is 59.5. The summed E-state index contributed by atoms with van der Waals surface area (Å²) in [5.74, 6) is -23.5. The molecule has 6 rings (SSSR count). The highest BCUT2D eigenvalue weighted by molar-refractivity contribution is 5.79. The number of carboxylic acids is 3. The fraction of sp³-hybridized carbons (Fsp3) is 0.889. The highest BCUT2D eigenvalue weighted by atomic mass is 16.8. The molecule has 6 saturated heterocycles. The van der Waals surface area contributed by atoms with Gasteiger partial charge in [-0.1, -0.05) is 161 Å². The monoisotopic (exact) mass is 1970 g/mol. The molecule has 0 saturated carbocycles. The van der Waals surface area contributed by atoms with Crippen LogP contribution in [0, 0.1) is 5.92 Å². The Morgan fingerprint density at radius 1 is 0.412 bits per heavy atom. The van der Waals surface area contributed by atoms with E-state index in [-0.39, 0.29) is 12.8 Å². The molecule has 0 aromatic heterocycles. The van der Waals surface area contributed by atoms with Gasteiger partial charge in [0.25, 0.3) is 17.4 Å². The summed E-state index contributed by atoms with van der Waals surface area (Å²) in [6.07, 6.45) is -34.5. The van der Waals surface area contributed by atoms with Gasteiger partial charge in [-0.15, -0.1) is 0 Å². The number of ketones is 1. The van der Waals surface area contributed by atoms with Crippen LogP contribution in [0.15, 0.2) is 12.2 Å². The molecule has 136 heavy (non-hydrogen) atoms. The highest BCUT2D eigenvalue weighted by Crippen LogP contribution is 2.45. The van der Waals surface area contributed by atoms with Crippen molar-refractivity contribution in [3.05, 3.63) is 12.2 Å². The smallest absolute Gasteiger partial charge is 0.364 e. The van der Waals surface area contributed by atoms with E-state index < -0.39 is 332 Å². The number of aliphatic carboxylic acids is 3. The van der Waals surface area contributed by atoms with Crippen molar-refractivity contribution in [1.82, 2.24) is 21.3 Å². The van der Waals surface area contributed by atoms with Crippen LogP contribution < -0.4 is 21.3 Å². The Kier molecular flexibility index (Phi) is 52.1. The number of hydrogen-bond donors (Lipinski definition) is 26. The zero-order valence-corrected chi connectivity index (χ0v) is 78.7. The normalized spacial score (nSPS) is 34.0. The molecule has 0 bridgehead atoms. The topological polar surface area (TPSA) is 741 Å². The Bertz CT molecular complexity index is 3570. The summed E-state index contributed by atoms with van der Waals surface area (Å²) in [7, 11) is 0. The lowest BCUT2D eigenvalue weighted by molar-refractivity contribution is -0.404. The summed E-state index contributed by atoms with van der Waals surface area (Å²) in [5.41, 5.74) is 0. The van der Waals surface area contributed by atoms with Crippen molar-refractivity contribution in [2.24, 2.45) is 5.92 Å². The predicted octanol–water partition coefficient (Wildman–Crippen LogP) is -3.43. The first kappa shape index (κ1) is 119. The molecule has 6 aliphatic heterocycles. The van der Waals surface area contributed by atoms with Crippen LogP contribution in [0.4, 0.5) is 0 Å². The first-order chi connectivity index (χ1) is 64.6. The predicted molar refractivity (Wildman–Crippen MR) is 470 cm³/mol. The fourth-order valence-electron chi connectivity index (χ4n) is 18.3. The fourth-order valence-corrected chi connectivity index (χ4v) is 18.3. The molecule has 4 amide bonds. The third kappa shape index (κ3) is 34.4. The lowest BCUT2D eigenvalue weighted by atomic mass is 9.86. The maximum absolute atomic E-state index is 14.4. The molecule has 46 heteroatoms. The van der Waals surface area contributed by atoms with Crippen LogP contribution in [-0.4, -0.2) is 413 Å². The number of carboxylic acid groups (broad SMARTS) is 3. The van der Waals surface area contributed by atoms with Gasteiger partial charge in [-0.25, -0.2) is 14.4 Å². The van der Waals surface area contributed by atoms with E-state index in [2.05, 4.69) is 47.3 Å². The number of carbonyl (C=O) groups excluding carboxylic acids is 5. The van der Waals surface area contributed by atoms with Crippen molar-refractivity contribution in [3.8, 4) is 0 Å². The Morgan fingerprint density at radius 2 is 0.801 bits per heavy atom. The lowest BCUT2D eigenvalue weighted by Crippen LogP contribution is -2.72. The molecule has 6 aliphatic rings. The summed E-state index contributed by atoms with van der Waals surface area (Å²) in [5, 5.41) is 261. The van der Waals surface area contributed by atoms with Crippen molar-refractivity contribution in [1.29, 1.82) is 0 Å². The molecule has 0 aliphatic carbocycles. The Balaban J connectivity index is 1.32. The largest absolute Gasteiger partial charge is 0.477 e. The number of rotatable bonds is 64. The van der Waals surface area contributed by atoms with Crippen molar-refractivity contribution in [2.75, 3.05) is 46.2 Å². The van der Waals surface area contributed by atoms with Crippen LogP contribution in [0.25, 0.3) is 0 Å². The van der Waals surface area contributed by atoms with E-state index in [4.69, 9.17) is 56.8 Å². The van der Waals surface area contributed by atoms with Gasteiger partial charge >= 0.3 is 17.9 Å². The van der Waals surface area contributed by atoms with Crippen LogP contribution in [0.5, 0.6) is 0 Å². The van der Waals surface area contributed by atoms with Gasteiger partial charge in [0.15, 0.2) is 18.9 Å². The minimum Gasteiger partial charge on any atom is -0.477 e. The number of Topliss-reactive ketones (excluding diaryl/α,β-unsaturated/α-hetero) is 1. The minimum absolute atomic E-state index is 0.0978. The number of hydrogen-bond acceptors (Lipinski definition) is 39. The van der Waals surface area contributed by atoms with E-state index in [0.29, 0.717) is 12.8 Å². The van der Waals surface area contributed by atoms with E-state index >= 15 is 0 Å². The van der Waals surface area contributed by atoms with Gasteiger partial charge < -0.3 is 195 Å². The standard InChI is InChI=1S/C90H156N4O42/c1-7-9-11-13-15-17-19-21-22-24-26-28-30-32-34-36-64(110)94-53(54(105)35-33-31-29-27-25-23-20-18-16-14-12-10-8-2)47-125-83-74(117)73(116)76(62(45-99)127-83)129-84-75(118)81(77(63(46-100)128-84)130-82-52(37-48(3)101)68(111)70(113)59(42-96)126-82)136-90(87(123)124)40-57(108)67(93-51(6)104)80(135-90)72(115)61(44-98)132-89(86(121)122)39-56(107)66(92-50(5)103)79(134-89)71(114)60(43-97)131-88(85(119)120)38-55(106)65(91-49(4)102)78(133-88)69(112)58(109)41-95/h17,19,52-63,65-84,95-100,105-109,111-118H,7-16,18,20-47H2,1-6H3,(H,91,102)(H,92,103)(H,93,104)(H,94,110)(H,119,120)(H,121,122)(H,123,124). The SMILES string of the molecule is CCCCCCC=CCCCCCCCCCC(=O)NC(COC1OC(CO)C(OC2OC(CO)C(OC3OC(CO)C(O)C(O)C3CC(C)=O)C(OC3(C(=O)O)CC(O)C(NC(C)=O)C(C(O)C(CO)OC4(C(=O)O)CC(O)C(NC(C)=O)C(C(O)C(CO)OC5(C(=O)O)CC(O)C(NC(C)=O)C(C(O)C(O)CO)O5)O4)O3)C2O)C(O)C1O)C(O)CCCCCCCCCCCCCCC. The lowest BCUT2D eigenvalue weighted by Gasteiger charge is -2.53. The molecule has 0 radical (unpaired) electrons. The van der Waals surface area contributed by atoms with Gasteiger partial charge in [0.1, 0.15) is 122 Å². The molecule has 6 fully saturated rings. The summed E-state index contributed by atoms with van der Waals surface area (Å²) < 4.78 is 72.0. The zero-order chi connectivity index (χ0) is 101. The van der Waals surface area contributed by atoms with Crippen molar-refractivity contribution in [3.63, 3.8) is 0 Å². The molecule has 0 aromatic carbocycles. The van der Waals surface area contributed by atoms with Gasteiger partial charge in [-0.3, -0.25) is 19.2 Å². The molecular formula is C90H156N4O42. The number of nitrogens with one attached hydrogen (secondary N) is 4. The second-order valence-electron chi connectivity index (χ2n) is 36.7. The number of allylic oxidation sites excluding steroid dienone is 2. The Labute approximate surface area is 791 Å². The van der Waals surface area contributed by atoms with Gasteiger partial charge in [0, 0.05) is 58.8 Å². The number of aliphatic hydroxyl groups is 19. The van der Waals surface area contributed by atoms with Gasteiger partial charge in [0.05, 0.1) is 101 Å². The molecule has 6 heterocycles. The third-order valence-electron chi connectivity index (χ3n) is 25.8. The summed E-state index contributed by atoms with van der Waals surface area (Å²) in [4.78, 5) is 107. The summed E-state index contributed by atoms with van der Waals surface area (Å²) in [6, 6.07) is -7.20. The average Bonchev–Trinajstić information content (AvgIpc) is 0.732. The van der Waals surface area contributed by atoms with Crippen LogP contribution in [0.2, 0.25) is 0 Å². The average molecular weight is 1970 g/mol. The van der Waals surface area contributed by atoms with Gasteiger partial charge in [-0.2, -0.15) is 0 Å². The van der Waals surface area contributed by atoms with E-state index in [9.17, 15) is 151 Å². The van der Waals surface area contributed by atoms with Crippen LogP contribution >= 0.6 is 0 Å². The number of aliphatic hydroxyl groups excluding tert-OH is 19. The quantitative estimate of drug-likeness (QED) is 0.0208. The first-order valence-corrected chi connectivity index (χ1v) is 48.0. The van der Waals surface area contributed by atoms with Gasteiger partial charge in [0.2, 0.25) is 23.6 Å². The zero-order valence-electron chi connectivity index (χ0n) is 78.7. The molecular weight excluding hydrogens is 1810 g/mol. The molecule has 35 unspecified atom stereocenters. The van der Waals surface area contributed by atoms with E-state index in [0.717, 1.165) is 118 Å². The van der Waals surface area contributed by atoms with Crippen LogP contribution in [-0.2, 0) is 95.2 Å². The van der Waals surface area contributed by atoms with E-state index in [1.807, 2.05) is 0 Å². The molecule has 46 nitrogen and oxygen atoms in total. The van der Waals surface area contributed by atoms with Crippen molar-refractivity contribution in [2.45, 2.75) is 454 Å². The number of amides is 4. The Morgan fingerprint density at radius 3 is 1.23 bits per heavy atom. The van der Waals surface area contributed by atoms with Crippen molar-refractivity contribution >= 4 is 47.3 Å². The molecule has 0 spiro atoms. The third-order valence-corrected chi connectivity index (χ3v) is 25.8. The highest BCUT2D eigenvalue weighted by Gasteiger charge is 2.65. The minimum atomic E-state index is -3.71. The van der Waals surface area contributed by atoms with E-state index in [1.54, 1.807) is 0 Å². The van der Waals surface area contributed by atoms with Gasteiger partial charge in [-0.05, 0) is 45.4 Å². The maximum Gasteiger partial charge on any atom is 0.364 e.